The molecule has 0 spiro atoms. The first-order chi connectivity index (χ1) is 11.9. The monoisotopic (exact) mass is 378 g/mol. The third-order valence-corrected chi connectivity index (χ3v) is 4.46. The topological polar surface area (TPSA) is 49.4 Å². The fourth-order valence-corrected chi connectivity index (χ4v) is 2.63. The molecule has 0 radical (unpaired) electrons. The normalized spacial score (nSPS) is 10.6. The van der Waals surface area contributed by atoms with Gasteiger partial charge in [-0.05, 0) is 37.6 Å². The molecule has 0 fully saturated rings. The number of nitrogens with zero attached hydrogens (tertiary/aromatic N) is 1. The van der Waals surface area contributed by atoms with Crippen LogP contribution in [0.5, 0.6) is 0 Å². The zero-order valence-corrected chi connectivity index (χ0v) is 15.6. The lowest BCUT2D eigenvalue weighted by atomic mass is 10.2. The SMILES string of the molecule is CC(C)N(Cc1ccccc1)C(=O)CNC(=O)c1ccc(Cl)c(Cl)c1. The summed E-state index contributed by atoms with van der Waals surface area (Å²) >= 11 is 11.8. The lowest BCUT2D eigenvalue weighted by molar-refractivity contribution is -0.132. The van der Waals surface area contributed by atoms with E-state index in [1.54, 1.807) is 17.0 Å². The van der Waals surface area contributed by atoms with E-state index in [0.717, 1.165) is 5.56 Å². The second kappa shape index (κ2) is 8.88. The Hall–Kier alpha value is -2.04. The Kier molecular flexibility index (Phi) is 6.85. The van der Waals surface area contributed by atoms with Crippen molar-refractivity contribution in [3.8, 4) is 0 Å². The molecule has 2 aromatic carbocycles. The lowest BCUT2D eigenvalue weighted by Gasteiger charge is -2.27. The first kappa shape index (κ1) is 19.3. The van der Waals surface area contributed by atoms with Crippen LogP contribution >= 0.6 is 23.2 Å². The van der Waals surface area contributed by atoms with Gasteiger partial charge >= 0.3 is 0 Å². The van der Waals surface area contributed by atoms with Crippen molar-refractivity contribution < 1.29 is 9.59 Å². The summed E-state index contributed by atoms with van der Waals surface area (Å²) in [7, 11) is 0. The Balaban J connectivity index is 1.98. The molecule has 0 saturated carbocycles. The summed E-state index contributed by atoms with van der Waals surface area (Å²) in [4.78, 5) is 26.4. The Bertz CT molecular complexity index is 748. The Labute approximate surface area is 157 Å². The van der Waals surface area contributed by atoms with Crippen LogP contribution in [0.1, 0.15) is 29.8 Å². The minimum atomic E-state index is -0.365. The fourth-order valence-electron chi connectivity index (χ4n) is 2.34. The highest BCUT2D eigenvalue weighted by Crippen LogP contribution is 2.22. The van der Waals surface area contributed by atoms with Crippen LogP contribution < -0.4 is 5.32 Å². The molecule has 1 N–H and O–H groups in total. The van der Waals surface area contributed by atoms with Crippen molar-refractivity contribution in [3.63, 3.8) is 0 Å². The zero-order valence-electron chi connectivity index (χ0n) is 14.1. The molecule has 0 heterocycles. The number of carbonyl (C=O) groups excluding carboxylic acids is 2. The van der Waals surface area contributed by atoms with E-state index in [1.807, 2.05) is 44.2 Å². The van der Waals surface area contributed by atoms with Crippen molar-refractivity contribution in [1.82, 2.24) is 10.2 Å². The van der Waals surface area contributed by atoms with Crippen LogP contribution in [0.25, 0.3) is 0 Å². The summed E-state index contributed by atoms with van der Waals surface area (Å²) < 4.78 is 0. The van der Waals surface area contributed by atoms with Crippen molar-refractivity contribution >= 4 is 35.0 Å². The summed E-state index contributed by atoms with van der Waals surface area (Å²) in [6, 6.07) is 14.4. The Morgan fingerprint density at radius 3 is 2.32 bits per heavy atom. The average molecular weight is 379 g/mol. The molecule has 4 nitrogen and oxygen atoms in total. The van der Waals surface area contributed by atoms with Gasteiger partial charge in [0.1, 0.15) is 0 Å². The van der Waals surface area contributed by atoms with E-state index in [1.165, 1.54) is 6.07 Å². The first-order valence-corrected chi connectivity index (χ1v) is 8.70. The molecule has 0 atom stereocenters. The second-order valence-electron chi connectivity index (χ2n) is 5.91. The second-order valence-corrected chi connectivity index (χ2v) is 6.73. The van der Waals surface area contributed by atoms with Crippen molar-refractivity contribution in [1.29, 1.82) is 0 Å². The van der Waals surface area contributed by atoms with E-state index in [0.29, 0.717) is 22.2 Å². The van der Waals surface area contributed by atoms with E-state index < -0.39 is 0 Å². The molecule has 0 saturated heterocycles. The van der Waals surface area contributed by atoms with E-state index in [-0.39, 0.29) is 24.4 Å². The highest BCUT2D eigenvalue weighted by atomic mass is 35.5. The molecule has 0 aliphatic heterocycles. The largest absolute Gasteiger partial charge is 0.343 e. The van der Waals surface area contributed by atoms with E-state index >= 15 is 0 Å². The lowest BCUT2D eigenvalue weighted by Crippen LogP contribution is -2.43. The summed E-state index contributed by atoms with van der Waals surface area (Å²) in [6.07, 6.45) is 0. The number of carbonyl (C=O) groups is 2. The molecule has 0 aliphatic rings. The van der Waals surface area contributed by atoms with Crippen molar-refractivity contribution in [2.45, 2.75) is 26.4 Å². The number of benzene rings is 2. The summed E-state index contributed by atoms with van der Waals surface area (Å²) in [5.74, 6) is -0.511. The van der Waals surface area contributed by atoms with Gasteiger partial charge in [0.15, 0.2) is 0 Å². The van der Waals surface area contributed by atoms with Gasteiger partial charge in [-0.25, -0.2) is 0 Å². The van der Waals surface area contributed by atoms with E-state index in [9.17, 15) is 9.59 Å². The van der Waals surface area contributed by atoms with Crippen LogP contribution in [0.15, 0.2) is 48.5 Å². The standard InChI is InChI=1S/C19H20Cl2N2O2/c1-13(2)23(12-14-6-4-3-5-7-14)18(24)11-22-19(25)15-8-9-16(20)17(21)10-15/h3-10,13H,11-12H2,1-2H3,(H,22,25). The number of hydrogen-bond acceptors (Lipinski definition) is 2. The van der Waals surface area contributed by atoms with Gasteiger partial charge in [-0.3, -0.25) is 9.59 Å². The van der Waals surface area contributed by atoms with E-state index in [4.69, 9.17) is 23.2 Å². The molecule has 0 unspecified atom stereocenters. The van der Waals surface area contributed by atoms with Gasteiger partial charge in [-0.1, -0.05) is 53.5 Å². The maximum atomic E-state index is 12.5. The van der Waals surface area contributed by atoms with Crippen LogP contribution in [0.3, 0.4) is 0 Å². The summed E-state index contributed by atoms with van der Waals surface area (Å²) in [5.41, 5.74) is 1.40. The van der Waals surface area contributed by atoms with Crippen molar-refractivity contribution in [3.05, 3.63) is 69.7 Å². The minimum absolute atomic E-state index is 0.0228. The van der Waals surface area contributed by atoms with Gasteiger partial charge in [-0.15, -0.1) is 0 Å². The minimum Gasteiger partial charge on any atom is -0.343 e. The van der Waals surface area contributed by atoms with Gasteiger partial charge in [0.25, 0.3) is 5.91 Å². The number of hydrogen-bond donors (Lipinski definition) is 1. The molecule has 132 valence electrons. The maximum absolute atomic E-state index is 12.5. The Morgan fingerprint density at radius 2 is 1.72 bits per heavy atom. The summed E-state index contributed by atoms with van der Waals surface area (Å²) in [6.45, 7) is 4.31. The fraction of sp³-hybridized carbons (Fsp3) is 0.263. The number of halogens is 2. The third kappa shape index (κ3) is 5.48. The van der Waals surface area contributed by atoms with Crippen molar-refractivity contribution in [2.24, 2.45) is 0 Å². The molecule has 0 bridgehead atoms. The van der Waals surface area contributed by atoms with Crippen LogP contribution in [0.2, 0.25) is 10.0 Å². The molecular weight excluding hydrogens is 359 g/mol. The molecule has 2 amide bonds. The van der Waals surface area contributed by atoms with Crippen LogP contribution in [0.4, 0.5) is 0 Å². The highest BCUT2D eigenvalue weighted by molar-refractivity contribution is 6.42. The quantitative estimate of drug-likeness (QED) is 0.820. The van der Waals surface area contributed by atoms with Gasteiger partial charge in [0, 0.05) is 18.2 Å². The van der Waals surface area contributed by atoms with Crippen LogP contribution in [0, 0.1) is 0 Å². The van der Waals surface area contributed by atoms with Crippen molar-refractivity contribution in [2.75, 3.05) is 6.54 Å². The van der Waals surface area contributed by atoms with Gasteiger partial charge in [0.05, 0.1) is 16.6 Å². The van der Waals surface area contributed by atoms with E-state index in [2.05, 4.69) is 5.32 Å². The third-order valence-electron chi connectivity index (χ3n) is 3.72. The number of rotatable bonds is 6. The van der Waals surface area contributed by atoms with Gasteiger partial charge < -0.3 is 10.2 Å². The molecule has 0 aromatic heterocycles. The molecule has 0 aliphatic carbocycles. The molecule has 25 heavy (non-hydrogen) atoms. The van der Waals surface area contributed by atoms with Crippen LogP contribution in [-0.4, -0.2) is 29.3 Å². The summed E-state index contributed by atoms with van der Waals surface area (Å²) in [5, 5.41) is 3.31. The molecule has 6 heteroatoms. The number of nitrogens with one attached hydrogen (secondary N) is 1. The van der Waals surface area contributed by atoms with Crippen LogP contribution in [-0.2, 0) is 11.3 Å². The van der Waals surface area contributed by atoms with Gasteiger partial charge in [-0.2, -0.15) is 0 Å². The smallest absolute Gasteiger partial charge is 0.251 e. The number of amides is 2. The maximum Gasteiger partial charge on any atom is 0.251 e. The molecular formula is C19H20Cl2N2O2. The van der Waals surface area contributed by atoms with Gasteiger partial charge in [0.2, 0.25) is 5.91 Å². The molecule has 2 aromatic rings. The zero-order chi connectivity index (χ0) is 18.4. The Morgan fingerprint density at radius 1 is 1.04 bits per heavy atom. The average Bonchev–Trinajstić information content (AvgIpc) is 2.60. The highest BCUT2D eigenvalue weighted by Gasteiger charge is 2.18. The predicted molar refractivity (Wildman–Crippen MR) is 101 cm³/mol. The first-order valence-electron chi connectivity index (χ1n) is 7.95. The predicted octanol–water partition coefficient (Wildman–Crippen LogP) is 4.16. The molecule has 2 rings (SSSR count).